The van der Waals surface area contributed by atoms with Crippen LogP contribution in [0.3, 0.4) is 0 Å². The molecule has 0 radical (unpaired) electrons. The lowest BCUT2D eigenvalue weighted by Crippen LogP contribution is -2.37. The van der Waals surface area contributed by atoms with Crippen molar-refractivity contribution in [1.82, 2.24) is 9.55 Å². The highest BCUT2D eigenvalue weighted by Gasteiger charge is 2.50. The second-order valence-corrected chi connectivity index (χ2v) is 8.09. The van der Waals surface area contributed by atoms with Crippen molar-refractivity contribution in [3.8, 4) is 5.75 Å². The standard InChI is InChI=1S/C16H15F2N2O8P/c17-10-6-20(15(23)19-13(10)22)14-11(21)5-16(18,27-14)8-26-29(24)25-7-9-3-1-2-4-12(9)28-29/h1-4,6,11,14,21H,5,7-8H2,(H,19,22,23)/t11-,14-,16+,29?/m1/s1. The first kappa shape index (κ1) is 19.9. The third kappa shape index (κ3) is 3.89. The fraction of sp³-hybridized carbons (Fsp3) is 0.375. The van der Waals surface area contributed by atoms with Gasteiger partial charge in [-0.25, -0.2) is 13.8 Å². The van der Waals surface area contributed by atoms with Crippen molar-refractivity contribution in [3.05, 3.63) is 62.7 Å². The van der Waals surface area contributed by atoms with Gasteiger partial charge in [-0.1, -0.05) is 18.2 Å². The van der Waals surface area contributed by atoms with Gasteiger partial charge in [0, 0.05) is 12.0 Å². The van der Waals surface area contributed by atoms with E-state index in [0.717, 1.165) is 0 Å². The van der Waals surface area contributed by atoms with E-state index in [4.69, 9.17) is 18.3 Å². The minimum atomic E-state index is -4.15. The van der Waals surface area contributed by atoms with Crippen molar-refractivity contribution in [2.24, 2.45) is 0 Å². The Morgan fingerprint density at radius 1 is 1.38 bits per heavy atom. The van der Waals surface area contributed by atoms with Crippen LogP contribution in [0.4, 0.5) is 8.78 Å². The van der Waals surface area contributed by atoms with E-state index in [2.05, 4.69) is 0 Å². The van der Waals surface area contributed by atoms with Crippen LogP contribution in [0.1, 0.15) is 18.2 Å². The van der Waals surface area contributed by atoms with E-state index in [1.165, 1.54) is 0 Å². The highest BCUT2D eigenvalue weighted by atomic mass is 31.2. The fourth-order valence-corrected chi connectivity index (χ4v) is 4.23. The van der Waals surface area contributed by atoms with E-state index < -0.39 is 56.1 Å². The van der Waals surface area contributed by atoms with Crippen LogP contribution in [-0.2, 0) is 25.0 Å². The number of alkyl halides is 1. The van der Waals surface area contributed by atoms with Crippen LogP contribution >= 0.6 is 7.82 Å². The number of ether oxygens (including phenoxy) is 1. The number of phosphoric ester groups is 1. The van der Waals surface area contributed by atoms with Crippen LogP contribution in [0.25, 0.3) is 0 Å². The molecule has 1 aromatic carbocycles. The van der Waals surface area contributed by atoms with Gasteiger partial charge in [0.15, 0.2) is 6.23 Å². The molecule has 1 unspecified atom stereocenters. The van der Waals surface area contributed by atoms with Gasteiger partial charge in [-0.3, -0.25) is 23.4 Å². The molecule has 1 saturated heterocycles. The summed E-state index contributed by atoms with van der Waals surface area (Å²) in [6.07, 6.45) is -3.41. The van der Waals surface area contributed by atoms with Crippen molar-refractivity contribution in [1.29, 1.82) is 0 Å². The van der Waals surface area contributed by atoms with E-state index in [0.29, 0.717) is 16.3 Å². The van der Waals surface area contributed by atoms with Crippen LogP contribution in [0.15, 0.2) is 40.1 Å². The van der Waals surface area contributed by atoms with Gasteiger partial charge in [-0.2, -0.15) is 4.39 Å². The summed E-state index contributed by atoms with van der Waals surface area (Å²) in [5.41, 5.74) is -1.74. The van der Waals surface area contributed by atoms with Crippen molar-refractivity contribution >= 4 is 7.82 Å². The number of benzene rings is 1. The summed E-state index contributed by atoms with van der Waals surface area (Å²) >= 11 is 0. The van der Waals surface area contributed by atoms with Crippen LogP contribution in [0, 0.1) is 5.82 Å². The fourth-order valence-electron chi connectivity index (χ4n) is 2.99. The van der Waals surface area contributed by atoms with Crippen LogP contribution < -0.4 is 15.8 Å². The molecule has 2 aromatic rings. The Labute approximate surface area is 161 Å². The normalized spacial score (nSPS) is 31.3. The smallest absolute Gasteiger partial charge is 0.404 e. The number of H-pyrrole nitrogens is 1. The molecule has 2 N–H and O–H groups in total. The molecule has 156 valence electrons. The summed E-state index contributed by atoms with van der Waals surface area (Å²) in [7, 11) is -4.15. The number of aliphatic hydroxyl groups excluding tert-OH is 1. The lowest BCUT2D eigenvalue weighted by atomic mass is 10.2. The lowest BCUT2D eigenvalue weighted by Gasteiger charge is -2.27. The number of aromatic amines is 1. The molecule has 2 aliphatic rings. The molecule has 3 heterocycles. The molecule has 10 nitrogen and oxygen atoms in total. The van der Waals surface area contributed by atoms with Gasteiger partial charge in [-0.05, 0) is 6.07 Å². The second kappa shape index (κ2) is 7.15. The first-order valence-electron chi connectivity index (χ1n) is 8.40. The Morgan fingerprint density at radius 3 is 2.93 bits per heavy atom. The predicted octanol–water partition coefficient (Wildman–Crippen LogP) is 1.36. The number of halogens is 2. The number of rotatable bonds is 4. The average molecular weight is 432 g/mol. The third-order valence-corrected chi connectivity index (χ3v) is 5.68. The molecule has 1 aromatic heterocycles. The van der Waals surface area contributed by atoms with Crippen molar-refractivity contribution in [2.75, 3.05) is 6.61 Å². The largest absolute Gasteiger partial charge is 0.530 e. The Morgan fingerprint density at radius 2 is 2.14 bits per heavy atom. The van der Waals surface area contributed by atoms with Crippen molar-refractivity contribution < 1.29 is 36.8 Å². The maximum absolute atomic E-state index is 15.0. The van der Waals surface area contributed by atoms with Gasteiger partial charge in [0.05, 0.1) is 12.8 Å². The van der Waals surface area contributed by atoms with Crippen LogP contribution in [0.5, 0.6) is 5.75 Å². The number of nitrogens with one attached hydrogen (secondary N) is 1. The van der Waals surface area contributed by atoms with Gasteiger partial charge in [0.2, 0.25) is 11.7 Å². The van der Waals surface area contributed by atoms with E-state index in [-0.39, 0.29) is 12.4 Å². The summed E-state index contributed by atoms with van der Waals surface area (Å²) < 4.78 is 61.8. The zero-order valence-corrected chi connectivity index (χ0v) is 15.5. The van der Waals surface area contributed by atoms with Gasteiger partial charge in [0.1, 0.15) is 18.5 Å². The van der Waals surface area contributed by atoms with Gasteiger partial charge in [-0.15, -0.1) is 0 Å². The highest BCUT2D eigenvalue weighted by molar-refractivity contribution is 7.49. The summed E-state index contributed by atoms with van der Waals surface area (Å²) in [5, 5.41) is 10.1. The van der Waals surface area contributed by atoms with Gasteiger partial charge < -0.3 is 14.4 Å². The third-order valence-electron chi connectivity index (χ3n) is 4.37. The van der Waals surface area contributed by atoms with Gasteiger partial charge >= 0.3 is 13.5 Å². The number of aliphatic hydroxyl groups is 1. The highest BCUT2D eigenvalue weighted by Crippen LogP contribution is 2.55. The maximum atomic E-state index is 15.0. The number of nitrogens with zero attached hydrogens (tertiary/aromatic N) is 1. The summed E-state index contributed by atoms with van der Waals surface area (Å²) in [6.45, 7) is -1.04. The SMILES string of the molecule is O=c1[nH]c(=O)n([C@@H]2O[C@](F)(COP3(=O)OCc4ccccc4O3)C[C@H]2O)cc1F. The first-order chi connectivity index (χ1) is 13.7. The van der Waals surface area contributed by atoms with Crippen LogP contribution in [-0.4, -0.2) is 33.2 Å². The second-order valence-electron chi connectivity index (χ2n) is 6.50. The molecule has 2 aliphatic heterocycles. The number of hydrogen-bond donors (Lipinski definition) is 2. The Hall–Kier alpha value is -2.37. The zero-order chi connectivity index (χ0) is 20.8. The topological polar surface area (TPSA) is 129 Å². The van der Waals surface area contributed by atoms with Crippen molar-refractivity contribution in [3.63, 3.8) is 0 Å². The molecule has 0 bridgehead atoms. The van der Waals surface area contributed by atoms with E-state index >= 15 is 4.39 Å². The average Bonchev–Trinajstić information content (AvgIpc) is 2.98. The molecule has 4 atom stereocenters. The maximum Gasteiger partial charge on any atom is 0.530 e. The molecule has 0 aliphatic carbocycles. The van der Waals surface area contributed by atoms with E-state index in [1.807, 2.05) is 0 Å². The van der Waals surface area contributed by atoms with Crippen molar-refractivity contribution in [2.45, 2.75) is 31.2 Å². The van der Waals surface area contributed by atoms with E-state index in [9.17, 15) is 23.7 Å². The lowest BCUT2D eigenvalue weighted by molar-refractivity contribution is -0.179. The molecule has 29 heavy (non-hydrogen) atoms. The van der Waals surface area contributed by atoms with E-state index in [1.54, 1.807) is 29.2 Å². The summed E-state index contributed by atoms with van der Waals surface area (Å²) in [6, 6.07) is 6.61. The number of phosphoric acid groups is 1. The molecular formula is C16H15F2N2O8P. The number of para-hydroxylation sites is 1. The molecule has 0 spiro atoms. The molecular weight excluding hydrogens is 417 g/mol. The Balaban J connectivity index is 1.48. The quantitative estimate of drug-likeness (QED) is 0.693. The molecule has 1 fully saturated rings. The Bertz CT molecular complexity index is 1100. The van der Waals surface area contributed by atoms with Crippen LogP contribution in [0.2, 0.25) is 0 Å². The monoisotopic (exact) mass is 432 g/mol. The molecule has 0 saturated carbocycles. The minimum Gasteiger partial charge on any atom is -0.404 e. The number of aromatic nitrogens is 2. The number of hydrogen-bond acceptors (Lipinski definition) is 8. The summed E-state index contributed by atoms with van der Waals surface area (Å²) in [4.78, 5) is 24.6. The molecule has 13 heteroatoms. The first-order valence-corrected chi connectivity index (χ1v) is 9.86. The Kier molecular flexibility index (Phi) is 4.91. The zero-order valence-electron chi connectivity index (χ0n) is 14.6. The summed E-state index contributed by atoms with van der Waals surface area (Å²) in [5.74, 6) is -3.74. The predicted molar refractivity (Wildman–Crippen MR) is 91.3 cm³/mol. The number of fused-ring (bicyclic) bond motifs is 1. The molecule has 4 rings (SSSR count). The van der Waals surface area contributed by atoms with Gasteiger partial charge in [0.25, 0.3) is 5.56 Å². The minimum absolute atomic E-state index is 0.0785. The molecule has 0 amide bonds.